The van der Waals surface area contributed by atoms with Gasteiger partial charge in [-0.05, 0) is 61.2 Å². The van der Waals surface area contributed by atoms with Gasteiger partial charge in [-0.3, -0.25) is 9.45 Å². The molecule has 0 aliphatic carbocycles. The van der Waals surface area contributed by atoms with Crippen molar-refractivity contribution in [3.05, 3.63) is 95.6 Å². The molecule has 3 fully saturated rings. The molecule has 3 aliphatic heterocycles. The Balaban J connectivity index is 0.000000586. The van der Waals surface area contributed by atoms with Gasteiger partial charge in [0.15, 0.2) is 0 Å². The molecule has 3 heterocycles. The maximum Gasteiger partial charge on any atom is 0.261 e. The van der Waals surface area contributed by atoms with Gasteiger partial charge in [-0.1, -0.05) is 60.7 Å². The van der Waals surface area contributed by atoms with Crippen LogP contribution in [0.2, 0.25) is 0 Å². The molecule has 3 aromatic carbocycles. The summed E-state index contributed by atoms with van der Waals surface area (Å²) in [5, 5.41) is 3.96. The minimum absolute atomic E-state index is 0.334. The van der Waals surface area contributed by atoms with E-state index in [0.717, 1.165) is 23.5 Å². The molecule has 0 amide bonds. The number of piperidine rings is 3. The van der Waals surface area contributed by atoms with Gasteiger partial charge in [0, 0.05) is 35.8 Å². The first-order valence-electron chi connectivity index (χ1n) is 12.7. The monoisotopic (exact) mass is 523 g/mol. The van der Waals surface area contributed by atoms with Crippen LogP contribution in [-0.2, 0) is 16.7 Å². The normalized spacial score (nSPS) is 22.8. The van der Waals surface area contributed by atoms with Crippen molar-refractivity contribution in [2.75, 3.05) is 32.2 Å². The second kappa shape index (κ2) is 12.1. The average molecular weight is 524 g/mol. The summed E-state index contributed by atoms with van der Waals surface area (Å²) >= 11 is 0. The van der Waals surface area contributed by atoms with E-state index < -0.39 is 10.1 Å². The number of hydrogen-bond acceptors (Lipinski definition) is 6. The van der Waals surface area contributed by atoms with E-state index in [9.17, 15) is 8.42 Å². The van der Waals surface area contributed by atoms with Crippen molar-refractivity contribution in [2.45, 2.75) is 37.4 Å². The van der Waals surface area contributed by atoms with Gasteiger partial charge in [-0.15, -0.1) is 0 Å². The Morgan fingerprint density at radius 3 is 2.05 bits per heavy atom. The van der Waals surface area contributed by atoms with Crippen molar-refractivity contribution >= 4 is 15.8 Å². The summed E-state index contributed by atoms with van der Waals surface area (Å²) in [6, 6.07) is 28.8. The number of nitrogens with zero attached hydrogens (tertiary/aromatic N) is 1. The lowest BCUT2D eigenvalue weighted by Gasteiger charge is -2.54. The van der Waals surface area contributed by atoms with Crippen molar-refractivity contribution in [3.63, 3.8) is 0 Å². The van der Waals surface area contributed by atoms with Crippen LogP contribution in [0.1, 0.15) is 35.4 Å². The molecule has 6 rings (SSSR count). The average Bonchev–Trinajstić information content (AvgIpc) is 2.89. The maximum absolute atomic E-state index is 9.19. The van der Waals surface area contributed by atoms with Gasteiger partial charge in [-0.25, -0.2) is 0 Å². The zero-order valence-electron chi connectivity index (χ0n) is 21.5. The van der Waals surface area contributed by atoms with Crippen LogP contribution >= 0.6 is 0 Å². The number of anilines is 1. The van der Waals surface area contributed by atoms with Gasteiger partial charge in [0.2, 0.25) is 0 Å². The van der Waals surface area contributed by atoms with E-state index in [0.29, 0.717) is 30.2 Å². The third-order valence-electron chi connectivity index (χ3n) is 7.36. The summed E-state index contributed by atoms with van der Waals surface area (Å²) in [6.07, 6.45) is 3.24. The molecule has 3 saturated heterocycles. The third kappa shape index (κ3) is 7.11. The first kappa shape index (κ1) is 27.1. The first-order chi connectivity index (χ1) is 17.7. The summed E-state index contributed by atoms with van der Waals surface area (Å²) in [5.41, 5.74) is 10.8. The van der Waals surface area contributed by atoms with E-state index in [2.05, 4.69) is 70.9 Å². The van der Waals surface area contributed by atoms with Crippen LogP contribution < -0.4 is 15.8 Å². The molecule has 7 nitrogen and oxygen atoms in total. The predicted molar refractivity (Wildman–Crippen MR) is 148 cm³/mol. The summed E-state index contributed by atoms with van der Waals surface area (Å²) < 4.78 is 31.5. The van der Waals surface area contributed by atoms with Crippen molar-refractivity contribution in [1.82, 2.24) is 10.2 Å². The number of benzene rings is 3. The number of nitrogens with one attached hydrogen (secondary N) is 1. The SMILES string of the molecule is COc1ccc(N)cc1CN[C@H]1C2CCN(CC2)[C@H]1C(c1ccccc1)c1ccccc1.CS(=O)(=O)O. The highest BCUT2D eigenvalue weighted by molar-refractivity contribution is 7.85. The molecule has 0 unspecified atom stereocenters. The van der Waals surface area contributed by atoms with E-state index >= 15 is 0 Å². The first-order valence-corrected chi connectivity index (χ1v) is 14.5. The second-order valence-corrected chi connectivity index (χ2v) is 11.3. The fourth-order valence-corrected chi connectivity index (χ4v) is 5.86. The highest BCUT2D eigenvalue weighted by atomic mass is 32.2. The molecule has 0 spiro atoms. The number of methoxy groups -OCH3 is 1. The van der Waals surface area contributed by atoms with Gasteiger partial charge in [0.25, 0.3) is 10.1 Å². The molecule has 2 atom stereocenters. The zero-order chi connectivity index (χ0) is 26.4. The highest BCUT2D eigenvalue weighted by Crippen LogP contribution is 2.42. The minimum Gasteiger partial charge on any atom is -0.496 e. The van der Waals surface area contributed by atoms with Gasteiger partial charge in [0.1, 0.15) is 5.75 Å². The number of nitrogens with two attached hydrogens (primary N) is 1. The van der Waals surface area contributed by atoms with Crippen LogP contribution in [0.3, 0.4) is 0 Å². The fraction of sp³-hybridized carbons (Fsp3) is 0.379. The summed E-state index contributed by atoms with van der Waals surface area (Å²) in [5.74, 6) is 1.92. The lowest BCUT2D eigenvalue weighted by Crippen LogP contribution is -2.64. The van der Waals surface area contributed by atoms with Crippen LogP contribution in [0, 0.1) is 5.92 Å². The Morgan fingerprint density at radius 2 is 1.54 bits per heavy atom. The van der Waals surface area contributed by atoms with Gasteiger partial charge in [-0.2, -0.15) is 8.42 Å². The predicted octanol–water partition coefficient (Wildman–Crippen LogP) is 4.17. The summed E-state index contributed by atoms with van der Waals surface area (Å²) in [7, 11) is -1.94. The summed E-state index contributed by atoms with van der Waals surface area (Å²) in [6.45, 7) is 3.13. The Kier molecular flexibility index (Phi) is 8.87. The fourth-order valence-electron chi connectivity index (χ4n) is 5.86. The van der Waals surface area contributed by atoms with E-state index in [1.54, 1.807) is 7.11 Å². The van der Waals surface area contributed by atoms with Crippen molar-refractivity contribution in [1.29, 1.82) is 0 Å². The molecule has 3 aliphatic rings. The third-order valence-corrected chi connectivity index (χ3v) is 7.36. The van der Waals surface area contributed by atoms with Crippen LogP contribution in [-0.4, -0.2) is 56.4 Å². The van der Waals surface area contributed by atoms with Crippen LogP contribution in [0.25, 0.3) is 0 Å². The highest BCUT2D eigenvalue weighted by Gasteiger charge is 2.46. The molecule has 0 radical (unpaired) electrons. The molecule has 8 heteroatoms. The Morgan fingerprint density at radius 1 is 1.00 bits per heavy atom. The largest absolute Gasteiger partial charge is 0.496 e. The van der Waals surface area contributed by atoms with Crippen LogP contribution in [0.4, 0.5) is 5.69 Å². The molecule has 3 aromatic rings. The van der Waals surface area contributed by atoms with E-state index in [1.807, 2.05) is 18.2 Å². The van der Waals surface area contributed by atoms with E-state index in [4.69, 9.17) is 15.0 Å². The van der Waals surface area contributed by atoms with Crippen molar-refractivity contribution in [3.8, 4) is 5.75 Å². The van der Waals surface area contributed by atoms with E-state index in [1.165, 1.54) is 37.1 Å². The molecule has 0 aromatic heterocycles. The number of hydrogen-bond donors (Lipinski definition) is 3. The Hall–Kier alpha value is -2.91. The van der Waals surface area contributed by atoms with Crippen LogP contribution in [0.5, 0.6) is 5.75 Å². The molecular weight excluding hydrogens is 486 g/mol. The molecular formula is C29H37N3O4S. The van der Waals surface area contributed by atoms with Crippen LogP contribution in [0.15, 0.2) is 78.9 Å². The summed E-state index contributed by atoms with van der Waals surface area (Å²) in [4.78, 5) is 2.72. The Bertz CT molecular complexity index is 1200. The standard InChI is InChI=1S/C28H33N3O.CH4O3S/c1-32-25-13-12-24(29)18-23(25)19-30-27-22-14-16-31(17-15-22)28(27)26(20-8-4-2-5-9-20)21-10-6-3-7-11-21;1-5(2,3)4/h2-13,18,22,26-28,30H,14-17,19,29H2,1H3;1H3,(H,2,3,4)/t27-,28-;/m0./s1. The number of nitrogen functional groups attached to an aromatic ring is 1. The molecule has 0 saturated carbocycles. The van der Waals surface area contributed by atoms with Gasteiger partial charge in [0.05, 0.1) is 13.4 Å². The minimum atomic E-state index is -3.67. The quantitative estimate of drug-likeness (QED) is 0.315. The Labute approximate surface area is 220 Å². The topological polar surface area (TPSA) is 105 Å². The van der Waals surface area contributed by atoms with Crippen molar-refractivity contribution in [2.24, 2.45) is 5.92 Å². The van der Waals surface area contributed by atoms with Crippen molar-refractivity contribution < 1.29 is 17.7 Å². The molecule has 4 N–H and O–H groups in total. The molecule has 198 valence electrons. The lowest BCUT2D eigenvalue weighted by atomic mass is 9.70. The number of rotatable bonds is 7. The second-order valence-electron chi connectivity index (χ2n) is 9.87. The van der Waals surface area contributed by atoms with Gasteiger partial charge < -0.3 is 15.8 Å². The smallest absolute Gasteiger partial charge is 0.261 e. The zero-order valence-corrected chi connectivity index (χ0v) is 22.3. The maximum atomic E-state index is 9.19. The number of fused-ring (bicyclic) bond motifs is 3. The molecule has 2 bridgehead atoms. The number of ether oxygens (including phenoxy) is 1. The lowest BCUT2D eigenvalue weighted by molar-refractivity contribution is 0.00462. The van der Waals surface area contributed by atoms with Gasteiger partial charge >= 0.3 is 0 Å². The molecule has 37 heavy (non-hydrogen) atoms. The van der Waals surface area contributed by atoms with E-state index in [-0.39, 0.29) is 0 Å².